The highest BCUT2D eigenvalue weighted by Crippen LogP contribution is 2.28. The van der Waals surface area contributed by atoms with Crippen molar-refractivity contribution < 1.29 is 18.7 Å². The van der Waals surface area contributed by atoms with E-state index in [1.807, 2.05) is 56.3 Å². The number of amides is 2. The van der Waals surface area contributed by atoms with Crippen LogP contribution < -0.4 is 0 Å². The molecule has 0 bridgehead atoms. The van der Waals surface area contributed by atoms with Gasteiger partial charge in [-0.1, -0.05) is 24.3 Å². The van der Waals surface area contributed by atoms with Crippen LogP contribution in [0.25, 0.3) is 11.0 Å². The smallest absolute Gasteiger partial charge is 0.290 e. The molecule has 0 unspecified atom stereocenters. The molecule has 0 N–H and O–H groups in total. The molecule has 0 saturated carbocycles. The van der Waals surface area contributed by atoms with Gasteiger partial charge in [0.05, 0.1) is 19.1 Å². The summed E-state index contributed by atoms with van der Waals surface area (Å²) < 4.78 is 11.7. The highest BCUT2D eigenvalue weighted by Gasteiger charge is 2.29. The number of hydrogen-bond donors (Lipinski definition) is 0. The molecule has 1 aliphatic rings. The second-order valence-electron chi connectivity index (χ2n) is 7.94. The minimum absolute atomic E-state index is 0.0283. The number of rotatable bonds is 6. The summed E-state index contributed by atoms with van der Waals surface area (Å²) >= 11 is 0. The molecule has 1 saturated heterocycles. The van der Waals surface area contributed by atoms with Crippen LogP contribution in [0, 0.1) is 0 Å². The van der Waals surface area contributed by atoms with Gasteiger partial charge in [0.2, 0.25) is 5.91 Å². The minimum Gasteiger partial charge on any atom is -0.451 e. The molecule has 2 aromatic heterocycles. The van der Waals surface area contributed by atoms with Crippen LogP contribution in [-0.4, -0.2) is 58.9 Å². The van der Waals surface area contributed by atoms with Crippen LogP contribution in [0.4, 0.5) is 0 Å². The molecular formula is C24H27N3O4. The first-order valence-corrected chi connectivity index (χ1v) is 10.6. The highest BCUT2D eigenvalue weighted by molar-refractivity contribution is 5.99. The normalized spacial score (nSPS) is 14.4. The van der Waals surface area contributed by atoms with E-state index >= 15 is 0 Å². The number of aromatic nitrogens is 1. The fourth-order valence-electron chi connectivity index (χ4n) is 3.74. The molecule has 0 aliphatic carbocycles. The van der Waals surface area contributed by atoms with Gasteiger partial charge >= 0.3 is 0 Å². The quantitative estimate of drug-likeness (QED) is 0.611. The summed E-state index contributed by atoms with van der Waals surface area (Å²) in [6.07, 6.45) is 2.01. The first-order chi connectivity index (χ1) is 15.0. The van der Waals surface area contributed by atoms with Crippen LogP contribution in [0.3, 0.4) is 0 Å². The molecular weight excluding hydrogens is 394 g/mol. The zero-order valence-corrected chi connectivity index (χ0v) is 17.9. The Morgan fingerprint density at radius 1 is 1.03 bits per heavy atom. The molecule has 31 heavy (non-hydrogen) atoms. The number of fused-ring (bicyclic) bond motifs is 1. The van der Waals surface area contributed by atoms with Crippen molar-refractivity contribution in [3.8, 4) is 0 Å². The maximum absolute atomic E-state index is 13.3. The average molecular weight is 421 g/mol. The molecule has 0 spiro atoms. The lowest BCUT2D eigenvalue weighted by molar-refractivity contribution is -0.132. The summed E-state index contributed by atoms with van der Waals surface area (Å²) in [7, 11) is 0. The molecule has 7 heteroatoms. The van der Waals surface area contributed by atoms with Gasteiger partial charge < -0.3 is 19.0 Å². The Kier molecular flexibility index (Phi) is 6.32. The van der Waals surface area contributed by atoms with E-state index in [9.17, 15) is 9.59 Å². The molecule has 3 aromatic rings. The van der Waals surface area contributed by atoms with Gasteiger partial charge in [-0.2, -0.15) is 0 Å². The lowest BCUT2D eigenvalue weighted by Gasteiger charge is -2.34. The number of hydrogen-bond acceptors (Lipinski definition) is 5. The first kappa shape index (κ1) is 21.1. The van der Waals surface area contributed by atoms with E-state index in [4.69, 9.17) is 9.15 Å². The van der Waals surface area contributed by atoms with Gasteiger partial charge in [-0.15, -0.1) is 0 Å². The zero-order chi connectivity index (χ0) is 21.8. The van der Waals surface area contributed by atoms with Crippen molar-refractivity contribution in [2.75, 3.05) is 26.2 Å². The standard InChI is InChI=1S/C24H27N3O4/c1-17(2)30-16-20-19-8-3-4-9-21(19)31-23(20)24(29)27-13-11-26(12-14-27)22(28)15-18-7-5-6-10-25-18/h3-10,17H,11-16H2,1-2H3. The summed E-state index contributed by atoms with van der Waals surface area (Å²) in [5.74, 6) is 0.200. The van der Waals surface area contributed by atoms with Crippen molar-refractivity contribution in [1.82, 2.24) is 14.8 Å². The average Bonchev–Trinajstić information content (AvgIpc) is 3.16. The largest absolute Gasteiger partial charge is 0.451 e. The Balaban J connectivity index is 1.44. The number of carbonyl (C=O) groups is 2. The fraction of sp³-hybridized carbons (Fsp3) is 0.375. The third kappa shape index (κ3) is 4.77. The Labute approximate surface area is 181 Å². The van der Waals surface area contributed by atoms with Crippen LogP contribution in [0.1, 0.15) is 35.7 Å². The highest BCUT2D eigenvalue weighted by atomic mass is 16.5. The van der Waals surface area contributed by atoms with Crippen LogP contribution in [0.2, 0.25) is 0 Å². The van der Waals surface area contributed by atoms with Crippen LogP contribution in [0.5, 0.6) is 0 Å². The molecule has 162 valence electrons. The fourth-order valence-corrected chi connectivity index (χ4v) is 3.74. The minimum atomic E-state index is -0.157. The number of ether oxygens (including phenoxy) is 1. The number of piperazine rings is 1. The van der Waals surface area contributed by atoms with Crippen molar-refractivity contribution in [3.63, 3.8) is 0 Å². The zero-order valence-electron chi connectivity index (χ0n) is 17.9. The van der Waals surface area contributed by atoms with E-state index in [1.165, 1.54) is 0 Å². The number of pyridine rings is 1. The van der Waals surface area contributed by atoms with E-state index in [0.29, 0.717) is 44.1 Å². The summed E-state index contributed by atoms with van der Waals surface area (Å²) in [5, 5.41) is 0.899. The van der Waals surface area contributed by atoms with Crippen molar-refractivity contribution in [3.05, 3.63) is 65.7 Å². The van der Waals surface area contributed by atoms with Crippen molar-refractivity contribution in [2.24, 2.45) is 0 Å². The molecule has 1 aromatic carbocycles. The van der Waals surface area contributed by atoms with Gasteiger partial charge in [0.1, 0.15) is 5.58 Å². The Bertz CT molecular complexity index is 1050. The number of furan rings is 1. The van der Waals surface area contributed by atoms with Crippen LogP contribution >= 0.6 is 0 Å². The molecule has 4 rings (SSSR count). The predicted molar refractivity (Wildman–Crippen MR) is 117 cm³/mol. The molecule has 0 radical (unpaired) electrons. The number of para-hydroxylation sites is 1. The van der Waals surface area contributed by atoms with Gasteiger partial charge in [-0.05, 0) is 32.0 Å². The van der Waals surface area contributed by atoms with E-state index < -0.39 is 0 Å². The molecule has 2 amide bonds. The Morgan fingerprint density at radius 2 is 1.74 bits per heavy atom. The molecule has 7 nitrogen and oxygen atoms in total. The van der Waals surface area contributed by atoms with Crippen LogP contribution in [-0.2, 0) is 22.6 Å². The topological polar surface area (TPSA) is 75.9 Å². The van der Waals surface area contributed by atoms with E-state index in [-0.39, 0.29) is 24.3 Å². The molecule has 0 atom stereocenters. The Morgan fingerprint density at radius 3 is 2.45 bits per heavy atom. The van der Waals surface area contributed by atoms with Gasteiger partial charge in [-0.25, -0.2) is 0 Å². The lowest BCUT2D eigenvalue weighted by atomic mass is 10.1. The lowest BCUT2D eigenvalue weighted by Crippen LogP contribution is -2.51. The Hall–Kier alpha value is -3.19. The van der Waals surface area contributed by atoms with Crippen molar-refractivity contribution >= 4 is 22.8 Å². The SMILES string of the molecule is CC(C)OCc1c(C(=O)N2CCN(C(=O)Cc3ccccn3)CC2)oc2ccccc12. The number of carbonyl (C=O) groups excluding carboxylic acids is 2. The van der Waals surface area contributed by atoms with Crippen molar-refractivity contribution in [1.29, 1.82) is 0 Å². The van der Waals surface area contributed by atoms with Gasteiger partial charge in [-0.3, -0.25) is 14.6 Å². The van der Waals surface area contributed by atoms with Crippen molar-refractivity contribution in [2.45, 2.75) is 33.0 Å². The number of nitrogens with zero attached hydrogens (tertiary/aromatic N) is 3. The summed E-state index contributed by atoms with van der Waals surface area (Å²) in [6.45, 7) is 6.17. The third-order valence-electron chi connectivity index (χ3n) is 5.43. The predicted octanol–water partition coefficient (Wildman–Crippen LogP) is 3.28. The molecule has 1 fully saturated rings. The van der Waals surface area contributed by atoms with E-state index in [1.54, 1.807) is 16.0 Å². The maximum Gasteiger partial charge on any atom is 0.290 e. The molecule has 1 aliphatic heterocycles. The summed E-state index contributed by atoms with van der Waals surface area (Å²) in [5.41, 5.74) is 2.21. The van der Waals surface area contributed by atoms with Gasteiger partial charge in [0.15, 0.2) is 5.76 Å². The third-order valence-corrected chi connectivity index (χ3v) is 5.43. The van der Waals surface area contributed by atoms with Gasteiger partial charge in [0, 0.05) is 49.0 Å². The summed E-state index contributed by atoms with van der Waals surface area (Å²) in [4.78, 5) is 33.6. The number of benzene rings is 1. The van der Waals surface area contributed by atoms with E-state index in [2.05, 4.69) is 4.98 Å². The second-order valence-corrected chi connectivity index (χ2v) is 7.94. The molecule has 3 heterocycles. The summed E-state index contributed by atoms with van der Waals surface area (Å²) in [6, 6.07) is 13.2. The second kappa shape index (κ2) is 9.31. The van der Waals surface area contributed by atoms with Crippen LogP contribution in [0.15, 0.2) is 53.1 Å². The first-order valence-electron chi connectivity index (χ1n) is 10.6. The van der Waals surface area contributed by atoms with Gasteiger partial charge in [0.25, 0.3) is 5.91 Å². The maximum atomic E-state index is 13.3. The van der Waals surface area contributed by atoms with E-state index in [0.717, 1.165) is 16.6 Å². The monoisotopic (exact) mass is 421 g/mol.